The molecule has 22 heavy (non-hydrogen) atoms. The van der Waals surface area contributed by atoms with Crippen LogP contribution < -0.4 is 10.6 Å². The van der Waals surface area contributed by atoms with Crippen molar-refractivity contribution in [2.45, 2.75) is 38.6 Å². The molecule has 2 saturated heterocycles. The number of likely N-dealkylation sites (tertiary alicyclic amines) is 1. The average molecular weight is 312 g/mol. The summed E-state index contributed by atoms with van der Waals surface area (Å²) >= 11 is 0. The van der Waals surface area contributed by atoms with E-state index in [1.54, 1.807) is 0 Å². The quantitative estimate of drug-likeness (QED) is 0.685. The van der Waals surface area contributed by atoms with Gasteiger partial charge in [-0.05, 0) is 45.8 Å². The highest BCUT2D eigenvalue weighted by atomic mass is 16.5. The molecule has 128 valence electrons. The van der Waals surface area contributed by atoms with E-state index < -0.39 is 0 Å². The van der Waals surface area contributed by atoms with Crippen LogP contribution in [0.3, 0.4) is 0 Å². The van der Waals surface area contributed by atoms with Crippen molar-refractivity contribution < 1.29 is 9.53 Å². The summed E-state index contributed by atoms with van der Waals surface area (Å²) in [4.78, 5) is 16.7. The summed E-state index contributed by atoms with van der Waals surface area (Å²) in [6.45, 7) is 10.9. The molecule has 0 aromatic rings. The van der Waals surface area contributed by atoms with Crippen molar-refractivity contribution in [3.8, 4) is 0 Å². The third kappa shape index (κ3) is 6.94. The molecule has 2 amide bonds. The van der Waals surface area contributed by atoms with Crippen molar-refractivity contribution in [1.29, 1.82) is 0 Å². The Bertz CT molecular complexity index is 315. The third-order valence-electron chi connectivity index (χ3n) is 4.40. The number of amides is 2. The number of carbonyl (C=O) groups excluding carboxylic acids is 1. The van der Waals surface area contributed by atoms with Crippen LogP contribution in [0, 0.1) is 0 Å². The summed E-state index contributed by atoms with van der Waals surface area (Å²) in [5.74, 6) is 0. The highest BCUT2D eigenvalue weighted by Gasteiger charge is 2.15. The maximum atomic E-state index is 11.9. The van der Waals surface area contributed by atoms with E-state index in [1.165, 1.54) is 32.4 Å². The Labute approximate surface area is 134 Å². The van der Waals surface area contributed by atoms with E-state index in [0.29, 0.717) is 0 Å². The Morgan fingerprint density at radius 3 is 2.55 bits per heavy atom. The van der Waals surface area contributed by atoms with Gasteiger partial charge in [0.25, 0.3) is 0 Å². The van der Waals surface area contributed by atoms with Crippen LogP contribution in [0.1, 0.15) is 32.6 Å². The van der Waals surface area contributed by atoms with Crippen LogP contribution in [-0.2, 0) is 4.74 Å². The van der Waals surface area contributed by atoms with Crippen LogP contribution in [0.2, 0.25) is 0 Å². The number of morpholine rings is 1. The molecular formula is C16H32N4O2. The molecule has 1 atom stereocenters. The summed E-state index contributed by atoms with van der Waals surface area (Å²) < 4.78 is 5.32. The minimum absolute atomic E-state index is 0.0357. The van der Waals surface area contributed by atoms with E-state index in [9.17, 15) is 4.79 Å². The predicted octanol–water partition coefficient (Wildman–Crippen LogP) is 0.882. The topological polar surface area (TPSA) is 56.8 Å². The number of piperidine rings is 1. The molecule has 0 saturated carbocycles. The van der Waals surface area contributed by atoms with Gasteiger partial charge in [-0.3, -0.25) is 4.90 Å². The monoisotopic (exact) mass is 312 g/mol. The summed E-state index contributed by atoms with van der Waals surface area (Å²) in [5.41, 5.74) is 0. The average Bonchev–Trinajstić information content (AvgIpc) is 2.53. The third-order valence-corrected chi connectivity index (χ3v) is 4.40. The molecule has 6 nitrogen and oxygen atoms in total. The molecule has 0 aromatic carbocycles. The van der Waals surface area contributed by atoms with E-state index in [1.807, 2.05) is 0 Å². The first-order valence-electron chi connectivity index (χ1n) is 8.81. The lowest BCUT2D eigenvalue weighted by Crippen LogP contribution is -2.47. The van der Waals surface area contributed by atoms with Gasteiger partial charge in [-0.25, -0.2) is 4.79 Å². The fourth-order valence-electron chi connectivity index (χ4n) is 3.18. The second-order valence-corrected chi connectivity index (χ2v) is 6.47. The standard InChI is InChI=1S/C16H32N4O2/c1-15(14-20-7-3-2-4-8-20)18-16(21)17-6-5-9-19-10-12-22-13-11-19/h15H,2-14H2,1H3,(H2,17,18,21). The molecule has 1 unspecified atom stereocenters. The highest BCUT2D eigenvalue weighted by Crippen LogP contribution is 2.08. The number of carbonyl (C=O) groups is 1. The van der Waals surface area contributed by atoms with Gasteiger partial charge in [0.1, 0.15) is 0 Å². The number of ether oxygens (including phenoxy) is 1. The number of hydrogen-bond donors (Lipinski definition) is 2. The molecular weight excluding hydrogens is 280 g/mol. The first kappa shape index (κ1) is 17.5. The van der Waals surface area contributed by atoms with Gasteiger partial charge in [-0.15, -0.1) is 0 Å². The Balaban J connectivity index is 1.49. The summed E-state index contributed by atoms with van der Waals surface area (Å²) in [5, 5.41) is 6.00. The van der Waals surface area contributed by atoms with E-state index in [2.05, 4.69) is 27.4 Å². The molecule has 2 N–H and O–H groups in total. The van der Waals surface area contributed by atoms with Gasteiger partial charge in [-0.1, -0.05) is 6.42 Å². The zero-order valence-electron chi connectivity index (χ0n) is 14.0. The van der Waals surface area contributed by atoms with Gasteiger partial charge in [0.05, 0.1) is 13.2 Å². The van der Waals surface area contributed by atoms with Crippen LogP contribution in [-0.4, -0.2) is 80.9 Å². The van der Waals surface area contributed by atoms with Gasteiger partial charge in [-0.2, -0.15) is 0 Å². The van der Waals surface area contributed by atoms with E-state index >= 15 is 0 Å². The SMILES string of the molecule is CC(CN1CCCCC1)NC(=O)NCCCN1CCOCC1. The van der Waals surface area contributed by atoms with Crippen molar-refractivity contribution in [2.24, 2.45) is 0 Å². The second-order valence-electron chi connectivity index (χ2n) is 6.47. The lowest BCUT2D eigenvalue weighted by Gasteiger charge is -2.29. The highest BCUT2D eigenvalue weighted by molar-refractivity contribution is 5.74. The van der Waals surface area contributed by atoms with E-state index in [-0.39, 0.29) is 12.1 Å². The molecule has 6 heteroatoms. The predicted molar refractivity (Wildman–Crippen MR) is 88.2 cm³/mol. The molecule has 0 radical (unpaired) electrons. The molecule has 2 rings (SSSR count). The molecule has 2 aliphatic heterocycles. The maximum Gasteiger partial charge on any atom is 0.315 e. The molecule has 2 heterocycles. The smallest absolute Gasteiger partial charge is 0.315 e. The van der Waals surface area contributed by atoms with Crippen molar-refractivity contribution in [3.63, 3.8) is 0 Å². The van der Waals surface area contributed by atoms with E-state index in [0.717, 1.165) is 52.4 Å². The van der Waals surface area contributed by atoms with Crippen LogP contribution >= 0.6 is 0 Å². The number of nitrogens with one attached hydrogen (secondary N) is 2. The fraction of sp³-hybridized carbons (Fsp3) is 0.938. The molecule has 2 fully saturated rings. The Kier molecular flexibility index (Phi) is 7.98. The number of urea groups is 1. The second kappa shape index (κ2) is 10.0. The number of hydrogen-bond acceptors (Lipinski definition) is 4. The van der Waals surface area contributed by atoms with Gasteiger partial charge >= 0.3 is 6.03 Å². The minimum Gasteiger partial charge on any atom is -0.379 e. The summed E-state index contributed by atoms with van der Waals surface area (Å²) in [7, 11) is 0. The van der Waals surface area contributed by atoms with Crippen molar-refractivity contribution in [1.82, 2.24) is 20.4 Å². The van der Waals surface area contributed by atoms with Crippen LogP contribution in [0.4, 0.5) is 4.79 Å². The Morgan fingerprint density at radius 2 is 1.82 bits per heavy atom. The first-order valence-corrected chi connectivity index (χ1v) is 8.81. The molecule has 2 aliphatic rings. The Morgan fingerprint density at radius 1 is 1.09 bits per heavy atom. The van der Waals surface area contributed by atoms with Gasteiger partial charge in [0.15, 0.2) is 0 Å². The van der Waals surface area contributed by atoms with Gasteiger partial charge < -0.3 is 20.3 Å². The van der Waals surface area contributed by atoms with Crippen LogP contribution in [0.25, 0.3) is 0 Å². The zero-order chi connectivity index (χ0) is 15.6. The fourth-order valence-corrected chi connectivity index (χ4v) is 3.18. The number of nitrogens with zero attached hydrogens (tertiary/aromatic N) is 2. The minimum atomic E-state index is -0.0357. The number of rotatable bonds is 7. The maximum absolute atomic E-state index is 11.9. The van der Waals surface area contributed by atoms with E-state index in [4.69, 9.17) is 4.74 Å². The van der Waals surface area contributed by atoms with Gasteiger partial charge in [0.2, 0.25) is 0 Å². The van der Waals surface area contributed by atoms with Crippen LogP contribution in [0.15, 0.2) is 0 Å². The van der Waals surface area contributed by atoms with Gasteiger partial charge in [0, 0.05) is 32.2 Å². The zero-order valence-corrected chi connectivity index (χ0v) is 14.0. The summed E-state index contributed by atoms with van der Waals surface area (Å²) in [6.07, 6.45) is 4.93. The molecule has 0 bridgehead atoms. The molecule has 0 aliphatic carbocycles. The first-order chi connectivity index (χ1) is 10.7. The van der Waals surface area contributed by atoms with Crippen LogP contribution in [0.5, 0.6) is 0 Å². The van der Waals surface area contributed by atoms with Crippen molar-refractivity contribution >= 4 is 6.03 Å². The van der Waals surface area contributed by atoms with Crippen molar-refractivity contribution in [3.05, 3.63) is 0 Å². The van der Waals surface area contributed by atoms with Crippen molar-refractivity contribution in [2.75, 3.05) is 59.0 Å². The Hall–Kier alpha value is -0.850. The lowest BCUT2D eigenvalue weighted by molar-refractivity contribution is 0.0375. The molecule has 0 spiro atoms. The lowest BCUT2D eigenvalue weighted by atomic mass is 10.1. The molecule has 0 aromatic heterocycles. The summed E-state index contributed by atoms with van der Waals surface area (Å²) in [6, 6.07) is 0.170. The normalized spacial score (nSPS) is 22.2. The largest absolute Gasteiger partial charge is 0.379 e.